The minimum Gasteiger partial charge on any atom is -0.462 e. The first kappa shape index (κ1) is 29.2. The van der Waals surface area contributed by atoms with E-state index in [-0.39, 0.29) is 12.1 Å². The van der Waals surface area contributed by atoms with Crippen LogP contribution >= 0.6 is 0 Å². The maximum absolute atomic E-state index is 12.3. The van der Waals surface area contributed by atoms with E-state index in [2.05, 4.69) is 51.3 Å². The van der Waals surface area contributed by atoms with Gasteiger partial charge in [-0.1, -0.05) is 76.8 Å². The van der Waals surface area contributed by atoms with E-state index in [1.165, 1.54) is 62.5 Å². The van der Waals surface area contributed by atoms with Crippen molar-refractivity contribution in [3.8, 4) is 0 Å². The van der Waals surface area contributed by atoms with Gasteiger partial charge < -0.3 is 9.64 Å². The number of nitrogens with zero attached hydrogens (tertiary/aromatic N) is 1. The maximum atomic E-state index is 12.3. The van der Waals surface area contributed by atoms with Gasteiger partial charge >= 0.3 is 5.97 Å². The first-order valence-electron chi connectivity index (χ1n) is 15.0. The van der Waals surface area contributed by atoms with Crippen LogP contribution in [0.5, 0.6) is 0 Å². The molecule has 0 aromatic carbocycles. The van der Waals surface area contributed by atoms with Gasteiger partial charge in [-0.2, -0.15) is 0 Å². The molecule has 0 spiro atoms. The summed E-state index contributed by atoms with van der Waals surface area (Å²) in [5.74, 6) is 3.22. The highest BCUT2D eigenvalue weighted by atomic mass is 16.5. The van der Waals surface area contributed by atoms with Crippen molar-refractivity contribution in [3.63, 3.8) is 0 Å². The SMILES string of the molecule is C=C1CC[C@H](OC(=O)CCCN(C)C)C/C1=C\C=C1/CCC[C@@]2(C)C1CC[C@@H]2[C@H](C)CCCC(C)C. The van der Waals surface area contributed by atoms with Gasteiger partial charge in [-0.25, -0.2) is 0 Å². The molecule has 36 heavy (non-hydrogen) atoms. The summed E-state index contributed by atoms with van der Waals surface area (Å²) in [6.45, 7) is 15.1. The standard InChI is InChI=1S/C33H55NO2/c1-24(2)11-8-12-26(4)30-19-20-31-27(13-9-21-33(30,31)5)16-17-28-23-29(18-15-25(28)3)36-32(35)14-10-22-34(6)7/h16-17,24,26,29-31H,3,8-15,18-23H2,1-2,4-7H3/b27-16+,28-17+/t26-,29+,30-,31?,33-/m1/s1. The number of ether oxygens (including phenoxy) is 1. The molecule has 3 nitrogen and oxygen atoms in total. The van der Waals surface area contributed by atoms with Crippen molar-refractivity contribution in [1.82, 2.24) is 4.90 Å². The normalized spacial score (nSPS) is 31.9. The van der Waals surface area contributed by atoms with E-state index in [0.29, 0.717) is 11.8 Å². The number of carbonyl (C=O) groups excluding carboxylic acids is 1. The zero-order chi connectivity index (χ0) is 26.3. The Bertz CT molecular complexity index is 807. The van der Waals surface area contributed by atoms with E-state index in [9.17, 15) is 4.79 Å². The number of allylic oxidation sites excluding steroid dienone is 4. The lowest BCUT2D eigenvalue weighted by atomic mass is 9.60. The van der Waals surface area contributed by atoms with Crippen molar-refractivity contribution in [3.05, 3.63) is 35.5 Å². The lowest BCUT2D eigenvalue weighted by Crippen LogP contribution is -2.36. The fourth-order valence-electron chi connectivity index (χ4n) is 7.53. The van der Waals surface area contributed by atoms with Crippen LogP contribution in [0.3, 0.4) is 0 Å². The molecule has 0 amide bonds. The van der Waals surface area contributed by atoms with E-state index in [4.69, 9.17) is 4.74 Å². The third kappa shape index (κ3) is 7.83. The molecule has 1 unspecified atom stereocenters. The second kappa shape index (κ2) is 13.4. The molecule has 3 saturated carbocycles. The molecule has 0 aromatic heterocycles. The lowest BCUT2D eigenvalue weighted by molar-refractivity contribution is -0.149. The Hall–Kier alpha value is -1.35. The van der Waals surface area contributed by atoms with E-state index in [1.807, 2.05) is 14.1 Å². The van der Waals surface area contributed by atoms with Crippen LogP contribution in [0.2, 0.25) is 0 Å². The van der Waals surface area contributed by atoms with E-state index >= 15 is 0 Å². The molecule has 0 aromatic rings. The summed E-state index contributed by atoms with van der Waals surface area (Å²) in [4.78, 5) is 14.5. The van der Waals surface area contributed by atoms with Crippen molar-refractivity contribution in [1.29, 1.82) is 0 Å². The van der Waals surface area contributed by atoms with Gasteiger partial charge in [0, 0.05) is 12.8 Å². The molecular weight excluding hydrogens is 442 g/mol. The average molecular weight is 498 g/mol. The second-order valence-corrected chi connectivity index (χ2v) is 13.2. The molecular formula is C33H55NO2. The van der Waals surface area contributed by atoms with Crippen LogP contribution in [-0.4, -0.2) is 37.6 Å². The molecule has 0 radical (unpaired) electrons. The zero-order valence-electron chi connectivity index (χ0n) is 24.4. The molecule has 3 heteroatoms. The first-order chi connectivity index (χ1) is 17.1. The van der Waals surface area contributed by atoms with Crippen LogP contribution in [-0.2, 0) is 9.53 Å². The predicted molar refractivity (Wildman–Crippen MR) is 153 cm³/mol. The van der Waals surface area contributed by atoms with Crippen molar-refractivity contribution < 1.29 is 9.53 Å². The smallest absolute Gasteiger partial charge is 0.306 e. The van der Waals surface area contributed by atoms with E-state index < -0.39 is 0 Å². The molecule has 0 saturated heterocycles. The summed E-state index contributed by atoms with van der Waals surface area (Å²) >= 11 is 0. The molecule has 0 bridgehead atoms. The van der Waals surface area contributed by atoms with Gasteiger partial charge in [0.25, 0.3) is 0 Å². The summed E-state index contributed by atoms with van der Waals surface area (Å²) in [6.07, 6.45) is 19.7. The highest BCUT2D eigenvalue weighted by molar-refractivity contribution is 5.69. The van der Waals surface area contributed by atoms with Crippen molar-refractivity contribution in [2.24, 2.45) is 29.1 Å². The Kier molecular flexibility index (Phi) is 10.9. The van der Waals surface area contributed by atoms with Crippen LogP contribution in [0.1, 0.15) is 111 Å². The number of esters is 1. The second-order valence-electron chi connectivity index (χ2n) is 13.2. The third-order valence-electron chi connectivity index (χ3n) is 9.62. The highest BCUT2D eigenvalue weighted by Crippen LogP contribution is 2.60. The predicted octanol–water partition coefficient (Wildman–Crippen LogP) is 8.51. The Labute approximate surface area is 222 Å². The fraction of sp³-hybridized carbons (Fsp3) is 0.788. The summed E-state index contributed by atoms with van der Waals surface area (Å²) in [5.41, 5.74) is 4.66. The fourth-order valence-corrected chi connectivity index (χ4v) is 7.53. The molecule has 3 rings (SSSR count). The monoisotopic (exact) mass is 497 g/mol. The Morgan fingerprint density at radius 1 is 1.11 bits per heavy atom. The molecule has 0 aliphatic heterocycles. The van der Waals surface area contributed by atoms with E-state index in [1.54, 1.807) is 5.57 Å². The highest BCUT2D eigenvalue weighted by Gasteiger charge is 2.50. The molecule has 0 N–H and O–H groups in total. The van der Waals surface area contributed by atoms with Crippen LogP contribution in [0, 0.1) is 29.1 Å². The largest absolute Gasteiger partial charge is 0.462 e. The molecule has 204 valence electrons. The van der Waals surface area contributed by atoms with Gasteiger partial charge in [-0.05, 0) is 107 Å². The van der Waals surface area contributed by atoms with Gasteiger partial charge in [0.15, 0.2) is 0 Å². The molecule has 3 fully saturated rings. The Balaban J connectivity index is 1.61. The van der Waals surface area contributed by atoms with Crippen molar-refractivity contribution >= 4 is 5.97 Å². The first-order valence-corrected chi connectivity index (χ1v) is 15.0. The summed E-state index contributed by atoms with van der Waals surface area (Å²) in [6, 6.07) is 0. The number of rotatable bonds is 11. The van der Waals surface area contributed by atoms with Crippen LogP contribution < -0.4 is 0 Å². The number of hydrogen-bond acceptors (Lipinski definition) is 3. The van der Waals surface area contributed by atoms with Gasteiger partial charge in [0.1, 0.15) is 6.10 Å². The Morgan fingerprint density at radius 3 is 2.61 bits per heavy atom. The van der Waals surface area contributed by atoms with Gasteiger partial charge in [0.05, 0.1) is 0 Å². The summed E-state index contributed by atoms with van der Waals surface area (Å²) < 4.78 is 5.86. The maximum Gasteiger partial charge on any atom is 0.306 e. The van der Waals surface area contributed by atoms with E-state index in [0.717, 1.165) is 55.9 Å². The minimum absolute atomic E-state index is 0.00572. The molecule has 0 heterocycles. The van der Waals surface area contributed by atoms with Crippen LogP contribution in [0.4, 0.5) is 0 Å². The molecule has 3 aliphatic rings. The summed E-state index contributed by atoms with van der Waals surface area (Å²) in [5, 5.41) is 0. The van der Waals surface area contributed by atoms with Crippen LogP contribution in [0.25, 0.3) is 0 Å². The Morgan fingerprint density at radius 2 is 1.89 bits per heavy atom. The summed E-state index contributed by atoms with van der Waals surface area (Å²) in [7, 11) is 4.08. The van der Waals surface area contributed by atoms with Crippen molar-refractivity contribution in [2.75, 3.05) is 20.6 Å². The van der Waals surface area contributed by atoms with Gasteiger partial charge in [-0.3, -0.25) is 4.79 Å². The topological polar surface area (TPSA) is 29.5 Å². The van der Waals surface area contributed by atoms with Crippen molar-refractivity contribution in [2.45, 2.75) is 117 Å². The average Bonchev–Trinajstić information content (AvgIpc) is 3.16. The number of fused-ring (bicyclic) bond motifs is 1. The minimum atomic E-state index is -0.0466. The van der Waals surface area contributed by atoms with Gasteiger partial charge in [0.2, 0.25) is 0 Å². The number of carbonyl (C=O) groups is 1. The zero-order valence-corrected chi connectivity index (χ0v) is 24.4. The van der Waals surface area contributed by atoms with Gasteiger partial charge in [-0.15, -0.1) is 0 Å². The number of hydrogen-bond donors (Lipinski definition) is 0. The lowest BCUT2D eigenvalue weighted by Gasteiger charge is -2.44. The third-order valence-corrected chi connectivity index (χ3v) is 9.62. The molecule has 5 atom stereocenters. The molecule has 3 aliphatic carbocycles. The van der Waals surface area contributed by atoms with Crippen LogP contribution in [0.15, 0.2) is 35.5 Å². The quantitative estimate of drug-likeness (QED) is 0.268.